The van der Waals surface area contributed by atoms with Crippen molar-refractivity contribution in [1.29, 1.82) is 0 Å². The van der Waals surface area contributed by atoms with E-state index in [9.17, 15) is 4.39 Å². The average molecular weight is 261 g/mol. The van der Waals surface area contributed by atoms with Crippen LogP contribution in [-0.4, -0.2) is 16.0 Å². The summed E-state index contributed by atoms with van der Waals surface area (Å²) in [5.41, 5.74) is 6.55. The van der Waals surface area contributed by atoms with Gasteiger partial charge in [0.1, 0.15) is 12.4 Å². The molecule has 2 aromatic rings. The molecule has 3 N–H and O–H groups in total. The summed E-state index contributed by atoms with van der Waals surface area (Å²) in [6.07, 6.45) is 1.52. The van der Waals surface area contributed by atoms with Crippen LogP contribution in [0.3, 0.4) is 0 Å². The van der Waals surface area contributed by atoms with Crippen molar-refractivity contribution in [3.05, 3.63) is 59.5 Å². The largest absolute Gasteiger partial charge is 0.472 e. The zero-order valence-corrected chi connectivity index (χ0v) is 9.95. The summed E-state index contributed by atoms with van der Waals surface area (Å²) in [6, 6.07) is 9.30. The molecule has 19 heavy (non-hydrogen) atoms. The Hall–Kier alpha value is -2.63. The third kappa shape index (κ3) is 3.19. The van der Waals surface area contributed by atoms with Crippen LogP contribution in [0.15, 0.2) is 47.8 Å². The SMILES string of the molecule is N/C(=N\O)c1cccnc1OCc1cccc(F)c1. The number of nitrogens with zero attached hydrogens (tertiary/aromatic N) is 2. The first-order valence-corrected chi connectivity index (χ1v) is 5.51. The zero-order chi connectivity index (χ0) is 13.7. The lowest BCUT2D eigenvalue weighted by molar-refractivity contribution is 0.291. The average Bonchev–Trinajstić information content (AvgIpc) is 2.45. The van der Waals surface area contributed by atoms with Crippen LogP contribution in [0.1, 0.15) is 11.1 Å². The lowest BCUT2D eigenvalue weighted by atomic mass is 10.2. The predicted molar refractivity (Wildman–Crippen MR) is 67.5 cm³/mol. The van der Waals surface area contributed by atoms with Gasteiger partial charge in [-0.2, -0.15) is 0 Å². The summed E-state index contributed by atoms with van der Waals surface area (Å²) in [7, 11) is 0. The van der Waals surface area contributed by atoms with E-state index >= 15 is 0 Å². The molecule has 0 saturated carbocycles. The fourth-order valence-electron chi connectivity index (χ4n) is 1.53. The van der Waals surface area contributed by atoms with Crippen molar-refractivity contribution in [1.82, 2.24) is 4.98 Å². The van der Waals surface area contributed by atoms with Gasteiger partial charge in [-0.3, -0.25) is 0 Å². The maximum Gasteiger partial charge on any atom is 0.224 e. The molecule has 0 unspecified atom stereocenters. The molecule has 0 aliphatic carbocycles. The lowest BCUT2D eigenvalue weighted by Crippen LogP contribution is -2.15. The molecule has 0 amide bonds. The van der Waals surface area contributed by atoms with E-state index in [0.717, 1.165) is 0 Å². The van der Waals surface area contributed by atoms with Crippen molar-refractivity contribution in [2.24, 2.45) is 10.9 Å². The van der Waals surface area contributed by atoms with Gasteiger partial charge in [0.15, 0.2) is 5.84 Å². The Balaban J connectivity index is 2.16. The topological polar surface area (TPSA) is 80.7 Å². The molecule has 0 saturated heterocycles. The second kappa shape index (κ2) is 5.81. The van der Waals surface area contributed by atoms with Crippen molar-refractivity contribution in [3.8, 4) is 5.88 Å². The summed E-state index contributed by atoms with van der Waals surface area (Å²) in [5, 5.41) is 11.6. The number of amidine groups is 1. The highest BCUT2D eigenvalue weighted by atomic mass is 19.1. The van der Waals surface area contributed by atoms with Crippen LogP contribution < -0.4 is 10.5 Å². The number of halogens is 1. The minimum Gasteiger partial charge on any atom is -0.472 e. The van der Waals surface area contributed by atoms with Gasteiger partial charge < -0.3 is 15.7 Å². The van der Waals surface area contributed by atoms with Crippen molar-refractivity contribution in [2.75, 3.05) is 0 Å². The van der Waals surface area contributed by atoms with Crippen molar-refractivity contribution < 1.29 is 14.3 Å². The molecule has 2 rings (SSSR count). The number of aromatic nitrogens is 1. The van der Waals surface area contributed by atoms with Crippen molar-refractivity contribution in [2.45, 2.75) is 6.61 Å². The quantitative estimate of drug-likeness (QED) is 0.381. The van der Waals surface area contributed by atoms with Gasteiger partial charge in [-0.05, 0) is 29.8 Å². The third-order valence-corrected chi connectivity index (χ3v) is 2.42. The van der Waals surface area contributed by atoms with E-state index in [0.29, 0.717) is 11.1 Å². The monoisotopic (exact) mass is 261 g/mol. The number of oxime groups is 1. The van der Waals surface area contributed by atoms with E-state index in [1.165, 1.54) is 18.3 Å². The van der Waals surface area contributed by atoms with Crippen LogP contribution in [0.5, 0.6) is 5.88 Å². The molecule has 0 bridgehead atoms. The number of hydrogen-bond acceptors (Lipinski definition) is 4. The smallest absolute Gasteiger partial charge is 0.224 e. The van der Waals surface area contributed by atoms with Gasteiger partial charge in [-0.15, -0.1) is 0 Å². The summed E-state index contributed by atoms with van der Waals surface area (Å²) in [5.74, 6) is -0.205. The molecule has 6 heteroatoms. The van der Waals surface area contributed by atoms with Crippen molar-refractivity contribution in [3.63, 3.8) is 0 Å². The number of ether oxygens (including phenoxy) is 1. The Morgan fingerprint density at radius 2 is 2.21 bits per heavy atom. The van der Waals surface area contributed by atoms with Crippen LogP contribution in [0.2, 0.25) is 0 Å². The molecule has 0 aliphatic heterocycles. The molecule has 0 aliphatic rings. The first kappa shape index (κ1) is 12.8. The molecular formula is C13H12FN3O2. The van der Waals surface area contributed by atoms with Crippen LogP contribution in [0.4, 0.5) is 4.39 Å². The Labute approximate surface area is 109 Å². The minimum absolute atomic E-state index is 0.0951. The first-order valence-electron chi connectivity index (χ1n) is 5.51. The van der Waals surface area contributed by atoms with Gasteiger partial charge in [0.2, 0.25) is 5.88 Å². The second-order valence-corrected chi connectivity index (χ2v) is 3.76. The highest BCUT2D eigenvalue weighted by molar-refractivity contribution is 5.98. The molecule has 0 radical (unpaired) electrons. The van der Waals surface area contributed by atoms with Crippen LogP contribution in [0.25, 0.3) is 0 Å². The van der Waals surface area contributed by atoms with Gasteiger partial charge in [-0.25, -0.2) is 9.37 Å². The second-order valence-electron chi connectivity index (χ2n) is 3.76. The Morgan fingerprint density at radius 1 is 1.37 bits per heavy atom. The molecule has 0 fully saturated rings. The third-order valence-electron chi connectivity index (χ3n) is 2.42. The van der Waals surface area contributed by atoms with E-state index in [2.05, 4.69) is 10.1 Å². The summed E-state index contributed by atoms with van der Waals surface area (Å²) >= 11 is 0. The molecule has 5 nitrogen and oxygen atoms in total. The van der Waals surface area contributed by atoms with Crippen LogP contribution in [-0.2, 0) is 6.61 Å². The van der Waals surface area contributed by atoms with Crippen LogP contribution in [0, 0.1) is 5.82 Å². The fourth-order valence-corrected chi connectivity index (χ4v) is 1.53. The van der Waals surface area contributed by atoms with Gasteiger partial charge >= 0.3 is 0 Å². The maximum absolute atomic E-state index is 13.0. The summed E-state index contributed by atoms with van der Waals surface area (Å²) in [4.78, 5) is 4.00. The Morgan fingerprint density at radius 3 is 2.95 bits per heavy atom. The molecule has 0 atom stereocenters. The normalized spacial score (nSPS) is 11.3. The number of hydrogen-bond donors (Lipinski definition) is 2. The Bertz CT molecular complexity index is 602. The minimum atomic E-state index is -0.334. The van der Waals surface area contributed by atoms with Gasteiger partial charge in [0.05, 0.1) is 5.56 Å². The predicted octanol–water partition coefficient (Wildman–Crippen LogP) is 1.89. The highest BCUT2D eigenvalue weighted by Gasteiger charge is 2.09. The number of pyridine rings is 1. The fraction of sp³-hybridized carbons (Fsp3) is 0.0769. The number of nitrogens with two attached hydrogens (primary N) is 1. The summed E-state index contributed by atoms with van der Waals surface area (Å²) in [6.45, 7) is 0.139. The van der Waals surface area contributed by atoms with Gasteiger partial charge in [0, 0.05) is 6.20 Å². The van der Waals surface area contributed by atoms with E-state index < -0.39 is 0 Å². The number of rotatable bonds is 4. The van der Waals surface area contributed by atoms with E-state index in [-0.39, 0.29) is 24.1 Å². The van der Waals surface area contributed by atoms with Crippen molar-refractivity contribution >= 4 is 5.84 Å². The highest BCUT2D eigenvalue weighted by Crippen LogP contribution is 2.16. The van der Waals surface area contributed by atoms with Crippen LogP contribution >= 0.6 is 0 Å². The number of benzene rings is 1. The molecule has 1 aromatic carbocycles. The van der Waals surface area contributed by atoms with E-state index in [1.807, 2.05) is 0 Å². The standard InChI is InChI=1S/C13H12FN3O2/c14-10-4-1-3-9(7-10)8-19-13-11(12(15)17-18)5-2-6-16-13/h1-7,18H,8H2,(H2,15,17). The van der Waals surface area contributed by atoms with E-state index in [4.69, 9.17) is 15.7 Å². The lowest BCUT2D eigenvalue weighted by Gasteiger charge is -2.09. The van der Waals surface area contributed by atoms with Gasteiger partial charge in [-0.1, -0.05) is 17.3 Å². The molecular weight excluding hydrogens is 249 g/mol. The summed E-state index contributed by atoms with van der Waals surface area (Å²) < 4.78 is 18.5. The molecule has 1 aromatic heterocycles. The Kier molecular flexibility index (Phi) is 3.92. The first-order chi connectivity index (χ1) is 9.20. The van der Waals surface area contributed by atoms with E-state index in [1.54, 1.807) is 24.3 Å². The molecule has 0 spiro atoms. The van der Waals surface area contributed by atoms with Gasteiger partial charge in [0.25, 0.3) is 0 Å². The molecule has 98 valence electrons. The molecule has 1 heterocycles. The zero-order valence-electron chi connectivity index (χ0n) is 9.95. The maximum atomic E-state index is 13.0.